The van der Waals surface area contributed by atoms with Crippen molar-refractivity contribution in [1.82, 2.24) is 5.32 Å². The van der Waals surface area contributed by atoms with Crippen LogP contribution in [0.2, 0.25) is 0 Å². The normalized spacial score (nSPS) is 17.6. The molecule has 19 heavy (non-hydrogen) atoms. The molecule has 1 aliphatic rings. The van der Waals surface area contributed by atoms with Crippen molar-refractivity contribution in [2.75, 3.05) is 0 Å². The number of hydrogen-bond acceptors (Lipinski definition) is 3. The van der Waals surface area contributed by atoms with E-state index in [4.69, 9.17) is 0 Å². The third-order valence-electron chi connectivity index (χ3n) is 3.67. The van der Waals surface area contributed by atoms with Gasteiger partial charge in [-0.3, -0.25) is 4.79 Å². The van der Waals surface area contributed by atoms with E-state index in [1.54, 1.807) is 13.8 Å². The van der Waals surface area contributed by atoms with Crippen molar-refractivity contribution >= 4 is 11.9 Å². The summed E-state index contributed by atoms with van der Waals surface area (Å²) in [6.45, 7) is 3.24. The van der Waals surface area contributed by atoms with Gasteiger partial charge >= 0.3 is 5.97 Å². The van der Waals surface area contributed by atoms with Crippen LogP contribution >= 0.6 is 0 Å². The van der Waals surface area contributed by atoms with E-state index in [9.17, 15) is 19.8 Å². The van der Waals surface area contributed by atoms with Gasteiger partial charge in [0.25, 0.3) is 5.91 Å². The molecule has 1 fully saturated rings. The average Bonchev–Trinajstić information content (AvgIpc) is 3.11. The Morgan fingerprint density at radius 1 is 1.37 bits per heavy atom. The largest absolute Gasteiger partial charge is 0.508 e. The maximum Gasteiger partial charge on any atom is 0.329 e. The van der Waals surface area contributed by atoms with E-state index in [1.807, 2.05) is 0 Å². The Labute approximate surface area is 111 Å². The molecule has 0 spiro atoms. The topological polar surface area (TPSA) is 86.6 Å². The highest BCUT2D eigenvalue weighted by Crippen LogP contribution is 2.40. The number of hydrogen-bond donors (Lipinski definition) is 3. The first-order valence-corrected chi connectivity index (χ1v) is 6.20. The second kappa shape index (κ2) is 4.57. The zero-order valence-electron chi connectivity index (χ0n) is 10.9. The highest BCUT2D eigenvalue weighted by Gasteiger charge is 2.48. The van der Waals surface area contributed by atoms with Crippen molar-refractivity contribution in [2.45, 2.75) is 32.2 Å². The second-order valence-electron chi connectivity index (χ2n) is 5.24. The SMILES string of the molecule is Cc1cc(O)ccc1C(=O)NC(C)(C(=O)O)C1CC1. The zero-order valence-corrected chi connectivity index (χ0v) is 10.9. The number of aliphatic carboxylic acids is 1. The first-order valence-electron chi connectivity index (χ1n) is 6.20. The fourth-order valence-corrected chi connectivity index (χ4v) is 2.20. The van der Waals surface area contributed by atoms with Gasteiger partial charge in [-0.2, -0.15) is 0 Å². The van der Waals surface area contributed by atoms with Gasteiger partial charge in [0.15, 0.2) is 0 Å². The van der Waals surface area contributed by atoms with Gasteiger partial charge in [0, 0.05) is 5.56 Å². The van der Waals surface area contributed by atoms with Gasteiger partial charge in [-0.15, -0.1) is 0 Å². The van der Waals surface area contributed by atoms with Gasteiger partial charge in [0.05, 0.1) is 0 Å². The molecule has 2 rings (SSSR count). The number of carboxylic acid groups (broad SMARTS) is 1. The van der Waals surface area contributed by atoms with E-state index in [0.29, 0.717) is 11.1 Å². The number of nitrogens with one attached hydrogen (secondary N) is 1. The smallest absolute Gasteiger partial charge is 0.329 e. The van der Waals surface area contributed by atoms with Crippen molar-refractivity contribution in [3.05, 3.63) is 29.3 Å². The minimum absolute atomic E-state index is 0.00799. The Morgan fingerprint density at radius 3 is 2.47 bits per heavy atom. The summed E-state index contributed by atoms with van der Waals surface area (Å²) in [7, 11) is 0. The van der Waals surface area contributed by atoms with Crippen LogP contribution in [0.1, 0.15) is 35.7 Å². The molecule has 0 aliphatic heterocycles. The maximum atomic E-state index is 12.2. The molecule has 0 aromatic heterocycles. The van der Waals surface area contributed by atoms with Crippen molar-refractivity contribution in [2.24, 2.45) is 5.92 Å². The molecule has 1 saturated carbocycles. The number of carbonyl (C=O) groups is 2. The van der Waals surface area contributed by atoms with Crippen LogP contribution in [0.5, 0.6) is 5.75 Å². The van der Waals surface area contributed by atoms with Gasteiger partial charge < -0.3 is 15.5 Å². The molecule has 1 aromatic rings. The lowest BCUT2D eigenvalue weighted by Gasteiger charge is -2.26. The van der Waals surface area contributed by atoms with E-state index in [0.717, 1.165) is 12.8 Å². The summed E-state index contributed by atoms with van der Waals surface area (Å²) < 4.78 is 0. The summed E-state index contributed by atoms with van der Waals surface area (Å²) >= 11 is 0. The molecule has 0 bridgehead atoms. The quantitative estimate of drug-likeness (QED) is 0.771. The molecule has 1 atom stereocenters. The predicted octanol–water partition coefficient (Wildman–Crippen LogP) is 1.68. The van der Waals surface area contributed by atoms with Crippen LogP contribution in [-0.2, 0) is 4.79 Å². The average molecular weight is 263 g/mol. The minimum Gasteiger partial charge on any atom is -0.508 e. The summed E-state index contributed by atoms with van der Waals surface area (Å²) in [5.41, 5.74) is -0.228. The summed E-state index contributed by atoms with van der Waals surface area (Å²) in [4.78, 5) is 23.5. The molecule has 0 saturated heterocycles. The van der Waals surface area contributed by atoms with E-state index in [1.165, 1.54) is 18.2 Å². The first kappa shape index (κ1) is 13.4. The molecular formula is C14H17NO4. The van der Waals surface area contributed by atoms with Gasteiger partial charge in [-0.1, -0.05) is 0 Å². The third-order valence-corrected chi connectivity index (χ3v) is 3.67. The summed E-state index contributed by atoms with van der Waals surface area (Å²) in [6.07, 6.45) is 1.63. The molecule has 5 heteroatoms. The number of aromatic hydroxyl groups is 1. The predicted molar refractivity (Wildman–Crippen MR) is 69.1 cm³/mol. The third kappa shape index (κ3) is 2.54. The van der Waals surface area contributed by atoms with Crippen LogP contribution in [-0.4, -0.2) is 27.6 Å². The number of amides is 1. The lowest BCUT2D eigenvalue weighted by molar-refractivity contribution is -0.144. The summed E-state index contributed by atoms with van der Waals surface area (Å²) in [5.74, 6) is -1.36. The molecule has 1 unspecified atom stereocenters. The van der Waals surface area contributed by atoms with Crippen molar-refractivity contribution in [1.29, 1.82) is 0 Å². The van der Waals surface area contributed by atoms with Crippen molar-refractivity contribution < 1.29 is 19.8 Å². The number of aryl methyl sites for hydroxylation is 1. The van der Waals surface area contributed by atoms with E-state index in [-0.39, 0.29) is 11.7 Å². The monoisotopic (exact) mass is 263 g/mol. The molecule has 3 N–H and O–H groups in total. The van der Waals surface area contributed by atoms with Gasteiger partial charge in [0.1, 0.15) is 11.3 Å². The fraction of sp³-hybridized carbons (Fsp3) is 0.429. The molecule has 0 heterocycles. The van der Waals surface area contributed by atoms with E-state index >= 15 is 0 Å². The Hall–Kier alpha value is -2.04. The van der Waals surface area contributed by atoms with Crippen LogP contribution < -0.4 is 5.32 Å². The van der Waals surface area contributed by atoms with Crippen molar-refractivity contribution in [3.8, 4) is 5.75 Å². The molecular weight excluding hydrogens is 246 g/mol. The Bertz CT molecular complexity index is 536. The Kier molecular flexibility index (Phi) is 3.22. The molecule has 1 amide bonds. The fourth-order valence-electron chi connectivity index (χ4n) is 2.20. The van der Waals surface area contributed by atoms with Crippen LogP contribution in [0.4, 0.5) is 0 Å². The van der Waals surface area contributed by atoms with Crippen LogP contribution in [0, 0.1) is 12.8 Å². The van der Waals surface area contributed by atoms with Gasteiger partial charge in [0.2, 0.25) is 0 Å². The lowest BCUT2D eigenvalue weighted by Crippen LogP contribution is -2.54. The first-order chi connectivity index (χ1) is 8.84. The second-order valence-corrected chi connectivity index (χ2v) is 5.24. The van der Waals surface area contributed by atoms with Gasteiger partial charge in [-0.25, -0.2) is 4.79 Å². The molecule has 1 aliphatic carbocycles. The summed E-state index contributed by atoms with van der Waals surface area (Å²) in [5, 5.41) is 21.2. The molecule has 1 aromatic carbocycles. The maximum absolute atomic E-state index is 12.2. The van der Waals surface area contributed by atoms with E-state index < -0.39 is 17.4 Å². The van der Waals surface area contributed by atoms with Crippen LogP contribution in [0.15, 0.2) is 18.2 Å². The van der Waals surface area contributed by atoms with Crippen molar-refractivity contribution in [3.63, 3.8) is 0 Å². The zero-order chi connectivity index (χ0) is 14.2. The van der Waals surface area contributed by atoms with E-state index in [2.05, 4.69) is 5.32 Å². The number of carboxylic acids is 1. The standard InChI is InChI=1S/C14H17NO4/c1-8-7-10(16)5-6-11(8)12(17)15-14(2,13(18)19)9-3-4-9/h5-7,9,16H,3-4H2,1-2H3,(H,15,17)(H,18,19). The number of benzene rings is 1. The molecule has 5 nitrogen and oxygen atoms in total. The summed E-state index contributed by atoms with van der Waals surface area (Å²) in [6, 6.07) is 4.39. The van der Waals surface area contributed by atoms with Crippen LogP contribution in [0.3, 0.4) is 0 Å². The number of phenolic OH excluding ortho intramolecular Hbond substituents is 1. The Morgan fingerprint density at radius 2 is 2.00 bits per heavy atom. The molecule has 102 valence electrons. The number of rotatable bonds is 4. The molecule has 0 radical (unpaired) electrons. The highest BCUT2D eigenvalue weighted by molar-refractivity contribution is 5.99. The number of phenols is 1. The minimum atomic E-state index is -1.22. The van der Waals surface area contributed by atoms with Crippen LogP contribution in [0.25, 0.3) is 0 Å². The van der Waals surface area contributed by atoms with Gasteiger partial charge in [-0.05, 0) is 56.4 Å². The highest BCUT2D eigenvalue weighted by atomic mass is 16.4. The lowest BCUT2D eigenvalue weighted by atomic mass is 9.95. The number of carbonyl (C=O) groups excluding carboxylic acids is 1. The Balaban J connectivity index is 2.22.